The number of phenols is 1. The molecule has 0 spiro atoms. The van der Waals surface area contributed by atoms with Crippen molar-refractivity contribution in [1.29, 1.82) is 0 Å². The predicted octanol–water partition coefficient (Wildman–Crippen LogP) is 4.11. The number of benzene rings is 3. The molecule has 214 valence electrons. The largest absolute Gasteiger partial charge is 0.508 e. The molecule has 42 heavy (non-hydrogen) atoms. The summed E-state index contributed by atoms with van der Waals surface area (Å²) >= 11 is 0. The van der Waals surface area contributed by atoms with Crippen LogP contribution < -0.4 is 10.5 Å². The number of ketones is 2. The van der Waals surface area contributed by atoms with Crippen molar-refractivity contribution in [2.24, 2.45) is 11.8 Å². The number of aliphatic hydroxyl groups is 2. The Bertz CT molecular complexity index is 1830. The number of anilines is 1. The number of nitrogens with zero attached hydrogens (tertiary/aromatic N) is 2. The van der Waals surface area contributed by atoms with Gasteiger partial charge in [0.1, 0.15) is 23.7 Å². The van der Waals surface area contributed by atoms with Crippen LogP contribution in [0.15, 0.2) is 70.5 Å². The first-order valence-electron chi connectivity index (χ1n) is 13.7. The summed E-state index contributed by atoms with van der Waals surface area (Å²) in [4.78, 5) is 29.9. The SMILES string of the molecule is CN(C)[C@@H]1c2onc(OCc3ccccc3)c2C(=O)[C@@]2(O)C(O)=C3C(=O)c4c(cc5cc(N)ccc5c4O)C[C@H]3C[C@@H]12. The molecule has 0 saturated carbocycles. The highest BCUT2D eigenvalue weighted by Gasteiger charge is 2.63. The second kappa shape index (κ2) is 9.17. The summed E-state index contributed by atoms with van der Waals surface area (Å²) in [6, 6.07) is 15.5. The Kier molecular flexibility index (Phi) is 5.73. The van der Waals surface area contributed by atoms with Crippen LogP contribution in [-0.4, -0.2) is 56.6 Å². The molecule has 3 aromatic carbocycles. The van der Waals surface area contributed by atoms with Crippen LogP contribution in [0, 0.1) is 11.8 Å². The molecule has 4 atom stereocenters. The van der Waals surface area contributed by atoms with E-state index in [1.54, 1.807) is 37.2 Å². The van der Waals surface area contributed by atoms with E-state index in [4.69, 9.17) is 15.0 Å². The average molecular weight is 568 g/mol. The summed E-state index contributed by atoms with van der Waals surface area (Å²) in [6.07, 6.45) is 0.514. The molecule has 0 fully saturated rings. The van der Waals surface area contributed by atoms with Crippen LogP contribution >= 0.6 is 0 Å². The first-order valence-corrected chi connectivity index (χ1v) is 13.7. The summed E-state index contributed by atoms with van der Waals surface area (Å²) < 4.78 is 11.5. The van der Waals surface area contributed by atoms with Crippen LogP contribution in [0.25, 0.3) is 10.8 Å². The van der Waals surface area contributed by atoms with Gasteiger partial charge in [-0.2, -0.15) is 0 Å². The zero-order chi connectivity index (χ0) is 29.5. The molecule has 3 aliphatic carbocycles. The summed E-state index contributed by atoms with van der Waals surface area (Å²) in [7, 11) is 3.56. The van der Waals surface area contributed by atoms with Crippen LogP contribution in [0.5, 0.6) is 11.6 Å². The summed E-state index contributed by atoms with van der Waals surface area (Å²) in [6.45, 7) is 0.102. The van der Waals surface area contributed by atoms with E-state index in [1.807, 2.05) is 36.4 Å². The number of ether oxygens (including phenoxy) is 1. The van der Waals surface area contributed by atoms with Gasteiger partial charge in [0.05, 0.1) is 11.6 Å². The summed E-state index contributed by atoms with van der Waals surface area (Å²) in [5, 5.41) is 40.2. The summed E-state index contributed by atoms with van der Waals surface area (Å²) in [5.41, 5.74) is 5.42. The smallest absolute Gasteiger partial charge is 0.265 e. The average Bonchev–Trinajstić information content (AvgIpc) is 3.37. The van der Waals surface area contributed by atoms with Crippen molar-refractivity contribution in [1.82, 2.24) is 10.1 Å². The maximum atomic E-state index is 14.1. The number of nitrogens with two attached hydrogens (primary N) is 1. The van der Waals surface area contributed by atoms with E-state index in [0.29, 0.717) is 28.4 Å². The number of allylic oxidation sites excluding steroid dienone is 1. The Morgan fingerprint density at radius 2 is 1.86 bits per heavy atom. The monoisotopic (exact) mass is 567 g/mol. The number of phenolic OH excluding ortho intramolecular Hbond substituents is 1. The maximum absolute atomic E-state index is 14.1. The Balaban J connectivity index is 1.35. The number of aliphatic hydroxyl groups excluding tert-OH is 1. The molecule has 0 unspecified atom stereocenters. The van der Waals surface area contributed by atoms with Gasteiger partial charge in [-0.25, -0.2) is 0 Å². The van der Waals surface area contributed by atoms with E-state index in [9.17, 15) is 24.9 Å². The molecule has 1 aromatic heterocycles. The fourth-order valence-corrected chi connectivity index (χ4v) is 7.05. The Labute approximate surface area is 240 Å². The van der Waals surface area contributed by atoms with Crippen LogP contribution in [0.2, 0.25) is 0 Å². The molecule has 10 nitrogen and oxygen atoms in total. The molecule has 0 saturated heterocycles. The minimum Gasteiger partial charge on any atom is -0.508 e. The third kappa shape index (κ3) is 3.55. The van der Waals surface area contributed by atoms with Gasteiger partial charge in [-0.3, -0.25) is 14.5 Å². The molecule has 0 amide bonds. The summed E-state index contributed by atoms with van der Waals surface area (Å²) in [5.74, 6) is -3.61. The standard InChI is InChI=1S/C32H29N3O7/c1-35(2)25-21-13-18-11-17-10-16-12-19(33)8-9-20(16)26(36)22(17)27(37)23(18)29(38)32(21,40)30(39)24-28(25)42-34-31(24)41-14-15-6-4-3-5-7-15/h3-10,12,18,21,25,36,38,40H,11,13-14,33H2,1-2H3/t18-,21-,25-,32-/m0/s1. The van der Waals surface area contributed by atoms with Crippen LogP contribution in [0.4, 0.5) is 5.69 Å². The normalized spacial score (nSPS) is 24.8. The van der Waals surface area contributed by atoms with Gasteiger partial charge in [0.25, 0.3) is 5.88 Å². The van der Waals surface area contributed by atoms with E-state index < -0.39 is 40.8 Å². The fraction of sp³-hybridized carbons (Fsp3) is 0.281. The van der Waals surface area contributed by atoms with Gasteiger partial charge in [-0.05, 0) is 72.7 Å². The highest BCUT2D eigenvalue weighted by molar-refractivity contribution is 6.18. The molecule has 5 N–H and O–H groups in total. The van der Waals surface area contributed by atoms with E-state index in [-0.39, 0.29) is 47.1 Å². The fourth-order valence-electron chi connectivity index (χ4n) is 7.05. The van der Waals surface area contributed by atoms with E-state index in [0.717, 1.165) is 5.56 Å². The molecule has 0 bridgehead atoms. The minimum atomic E-state index is -2.43. The van der Waals surface area contributed by atoms with Crippen molar-refractivity contribution in [3.8, 4) is 11.6 Å². The van der Waals surface area contributed by atoms with Gasteiger partial charge in [0.2, 0.25) is 5.78 Å². The molecule has 0 aliphatic heterocycles. The Hall–Kier alpha value is -4.67. The highest BCUT2D eigenvalue weighted by atomic mass is 16.5. The molecule has 7 rings (SSSR count). The molecular formula is C32H29N3O7. The topological polar surface area (TPSA) is 159 Å². The predicted molar refractivity (Wildman–Crippen MR) is 152 cm³/mol. The highest BCUT2D eigenvalue weighted by Crippen LogP contribution is 2.56. The zero-order valence-corrected chi connectivity index (χ0v) is 23.0. The second-order valence-electron chi connectivity index (χ2n) is 11.6. The molecular weight excluding hydrogens is 538 g/mol. The molecule has 10 heteroatoms. The quantitative estimate of drug-likeness (QED) is 0.264. The van der Waals surface area contributed by atoms with Gasteiger partial charge in [-0.15, -0.1) is 0 Å². The molecule has 0 radical (unpaired) electrons. The third-order valence-electron chi connectivity index (χ3n) is 8.94. The number of nitrogen functional groups attached to an aromatic ring is 1. The lowest BCUT2D eigenvalue weighted by molar-refractivity contribution is -0.0559. The van der Waals surface area contributed by atoms with Crippen molar-refractivity contribution < 1.29 is 34.2 Å². The first-order chi connectivity index (χ1) is 20.1. The van der Waals surface area contributed by atoms with E-state index in [1.165, 1.54) is 0 Å². The first kappa shape index (κ1) is 26.2. The number of aromatic nitrogens is 1. The number of fused-ring (bicyclic) bond motifs is 5. The number of Topliss-reactive ketones (excluding diaryl/α,β-unsaturated/α-hetero) is 2. The van der Waals surface area contributed by atoms with Crippen LogP contribution in [0.3, 0.4) is 0 Å². The number of rotatable bonds is 4. The zero-order valence-electron chi connectivity index (χ0n) is 23.0. The lowest BCUT2D eigenvalue weighted by atomic mass is 9.58. The van der Waals surface area contributed by atoms with Gasteiger partial charge >= 0.3 is 0 Å². The molecule has 3 aliphatic rings. The van der Waals surface area contributed by atoms with Gasteiger partial charge in [0, 0.05) is 22.6 Å². The number of aromatic hydroxyl groups is 1. The number of carbonyl (C=O) groups excluding carboxylic acids is 2. The van der Waals surface area contributed by atoms with Gasteiger partial charge in [0.15, 0.2) is 17.1 Å². The van der Waals surface area contributed by atoms with Gasteiger partial charge < -0.3 is 30.3 Å². The minimum absolute atomic E-state index is 0.0529. The van der Waals surface area contributed by atoms with E-state index in [2.05, 4.69) is 5.16 Å². The maximum Gasteiger partial charge on any atom is 0.265 e. The Morgan fingerprint density at radius 1 is 1.10 bits per heavy atom. The number of carbonyl (C=O) groups is 2. The van der Waals surface area contributed by atoms with Crippen molar-refractivity contribution >= 4 is 28.0 Å². The lowest BCUT2D eigenvalue weighted by Gasteiger charge is -2.49. The van der Waals surface area contributed by atoms with Crippen molar-refractivity contribution in [3.05, 3.63) is 93.9 Å². The number of hydrogen-bond acceptors (Lipinski definition) is 10. The third-order valence-corrected chi connectivity index (χ3v) is 8.94. The molecule has 4 aromatic rings. The van der Waals surface area contributed by atoms with Crippen molar-refractivity contribution in [3.63, 3.8) is 0 Å². The van der Waals surface area contributed by atoms with Crippen LogP contribution in [0.1, 0.15) is 50.1 Å². The van der Waals surface area contributed by atoms with Crippen molar-refractivity contribution in [2.75, 3.05) is 19.8 Å². The van der Waals surface area contributed by atoms with E-state index >= 15 is 0 Å². The van der Waals surface area contributed by atoms with Gasteiger partial charge in [-0.1, -0.05) is 36.4 Å². The number of hydrogen-bond donors (Lipinski definition) is 4. The van der Waals surface area contributed by atoms with Crippen LogP contribution in [-0.2, 0) is 13.0 Å². The Morgan fingerprint density at radius 3 is 2.60 bits per heavy atom. The molecule has 1 heterocycles. The second-order valence-corrected chi connectivity index (χ2v) is 11.6. The lowest BCUT2D eigenvalue weighted by Crippen LogP contribution is -2.59. The van der Waals surface area contributed by atoms with Crippen molar-refractivity contribution in [2.45, 2.75) is 31.1 Å².